The van der Waals surface area contributed by atoms with Gasteiger partial charge < -0.3 is 4.74 Å². The van der Waals surface area contributed by atoms with Crippen LogP contribution in [0.5, 0.6) is 5.75 Å². The van der Waals surface area contributed by atoms with Crippen LogP contribution in [0.3, 0.4) is 0 Å². The van der Waals surface area contributed by atoms with Gasteiger partial charge in [0.05, 0.1) is 12.0 Å². The Kier molecular flexibility index (Phi) is 2.85. The number of benzene rings is 1. The van der Waals surface area contributed by atoms with Crippen LogP contribution in [0.4, 0.5) is 0 Å². The molecule has 0 aromatic heterocycles. The van der Waals surface area contributed by atoms with Gasteiger partial charge in [-0.3, -0.25) is 0 Å². The number of hydrogen-bond acceptors (Lipinski definition) is 3. The maximum absolute atomic E-state index is 11.3. The van der Waals surface area contributed by atoms with E-state index in [2.05, 4.69) is 0 Å². The minimum atomic E-state index is -3.13. The summed E-state index contributed by atoms with van der Waals surface area (Å²) in [5.74, 6) is 0.748. The van der Waals surface area contributed by atoms with Gasteiger partial charge in [-0.15, -0.1) is 0 Å². The van der Waals surface area contributed by atoms with Crippen LogP contribution in [-0.2, 0) is 9.84 Å². The van der Waals surface area contributed by atoms with Crippen molar-refractivity contribution in [2.75, 3.05) is 13.4 Å². The summed E-state index contributed by atoms with van der Waals surface area (Å²) in [5, 5.41) is 0. The van der Waals surface area contributed by atoms with Crippen LogP contribution in [0.25, 0.3) is 0 Å². The molecular weight excluding hydrogens is 200 g/mol. The SMILES string of the molecule is COc1c(C)cc(S(C)(=O)=O)cc1C. The fraction of sp³-hybridized carbons (Fsp3) is 0.400. The highest BCUT2D eigenvalue weighted by molar-refractivity contribution is 7.90. The average Bonchev–Trinajstić information content (AvgIpc) is 2.01. The molecule has 0 aliphatic heterocycles. The Morgan fingerprint density at radius 1 is 1.14 bits per heavy atom. The number of sulfone groups is 1. The van der Waals surface area contributed by atoms with Crippen molar-refractivity contribution in [3.63, 3.8) is 0 Å². The van der Waals surface area contributed by atoms with E-state index in [1.54, 1.807) is 19.2 Å². The van der Waals surface area contributed by atoms with Gasteiger partial charge in [0.25, 0.3) is 0 Å². The van der Waals surface area contributed by atoms with Crippen LogP contribution in [0.2, 0.25) is 0 Å². The fourth-order valence-electron chi connectivity index (χ4n) is 1.45. The summed E-state index contributed by atoms with van der Waals surface area (Å²) in [5.41, 5.74) is 1.68. The normalized spacial score (nSPS) is 11.4. The van der Waals surface area contributed by atoms with Crippen molar-refractivity contribution in [3.05, 3.63) is 23.3 Å². The highest BCUT2D eigenvalue weighted by Gasteiger charge is 2.11. The third-order valence-corrected chi connectivity index (χ3v) is 3.16. The van der Waals surface area contributed by atoms with Gasteiger partial charge in [-0.1, -0.05) is 0 Å². The van der Waals surface area contributed by atoms with Gasteiger partial charge in [0.2, 0.25) is 0 Å². The maximum Gasteiger partial charge on any atom is 0.175 e. The zero-order chi connectivity index (χ0) is 10.9. The molecule has 0 aliphatic carbocycles. The smallest absolute Gasteiger partial charge is 0.175 e. The molecule has 0 atom stereocenters. The Bertz CT molecular complexity index is 423. The van der Waals surface area contributed by atoms with Crippen molar-refractivity contribution in [1.82, 2.24) is 0 Å². The van der Waals surface area contributed by atoms with E-state index in [-0.39, 0.29) is 0 Å². The lowest BCUT2D eigenvalue weighted by molar-refractivity contribution is 0.408. The lowest BCUT2D eigenvalue weighted by Gasteiger charge is -2.10. The Morgan fingerprint density at radius 3 is 1.86 bits per heavy atom. The molecule has 3 nitrogen and oxygen atoms in total. The van der Waals surface area contributed by atoms with E-state index in [4.69, 9.17) is 4.74 Å². The fourth-order valence-corrected chi connectivity index (χ4v) is 2.23. The minimum absolute atomic E-state index is 0.341. The highest BCUT2D eigenvalue weighted by Crippen LogP contribution is 2.26. The third kappa shape index (κ3) is 2.07. The van der Waals surface area contributed by atoms with Crippen molar-refractivity contribution < 1.29 is 13.2 Å². The number of methoxy groups -OCH3 is 1. The zero-order valence-corrected chi connectivity index (χ0v) is 9.60. The van der Waals surface area contributed by atoms with Crippen LogP contribution in [0.1, 0.15) is 11.1 Å². The molecule has 78 valence electrons. The molecule has 0 radical (unpaired) electrons. The number of hydrogen-bond donors (Lipinski definition) is 0. The Balaban J connectivity index is 3.43. The summed E-state index contributed by atoms with van der Waals surface area (Å²) in [4.78, 5) is 0.341. The Labute approximate surface area is 84.6 Å². The molecule has 0 amide bonds. The molecule has 0 spiro atoms. The summed E-state index contributed by atoms with van der Waals surface area (Å²) in [6, 6.07) is 3.25. The van der Waals surface area contributed by atoms with E-state index in [1.807, 2.05) is 13.8 Å². The van der Waals surface area contributed by atoms with Crippen molar-refractivity contribution in [1.29, 1.82) is 0 Å². The van der Waals surface area contributed by atoms with Crippen LogP contribution in [0.15, 0.2) is 17.0 Å². The largest absolute Gasteiger partial charge is 0.496 e. The Hall–Kier alpha value is -1.03. The predicted molar refractivity (Wildman–Crippen MR) is 55.6 cm³/mol. The van der Waals surface area contributed by atoms with Gasteiger partial charge in [0.1, 0.15) is 5.75 Å². The van der Waals surface area contributed by atoms with E-state index in [1.165, 1.54) is 6.26 Å². The van der Waals surface area contributed by atoms with E-state index in [0.717, 1.165) is 16.9 Å². The molecule has 0 saturated carbocycles. The van der Waals surface area contributed by atoms with Crippen LogP contribution < -0.4 is 4.74 Å². The standard InChI is InChI=1S/C10H14O3S/c1-7-5-9(14(4,11)12)6-8(2)10(7)13-3/h5-6H,1-4H3. The van der Waals surface area contributed by atoms with Crippen LogP contribution in [0, 0.1) is 13.8 Å². The lowest BCUT2D eigenvalue weighted by Crippen LogP contribution is -2.00. The lowest BCUT2D eigenvalue weighted by atomic mass is 10.1. The molecule has 0 heterocycles. The van der Waals surface area contributed by atoms with Gasteiger partial charge in [-0.05, 0) is 37.1 Å². The van der Waals surface area contributed by atoms with Gasteiger partial charge in [0.15, 0.2) is 9.84 Å². The number of ether oxygens (including phenoxy) is 1. The van der Waals surface area contributed by atoms with Crippen molar-refractivity contribution in [2.24, 2.45) is 0 Å². The second-order valence-electron chi connectivity index (χ2n) is 3.36. The summed E-state index contributed by atoms with van der Waals surface area (Å²) in [7, 11) is -1.55. The zero-order valence-electron chi connectivity index (χ0n) is 8.79. The molecule has 1 aromatic rings. The second-order valence-corrected chi connectivity index (χ2v) is 5.38. The molecule has 0 bridgehead atoms. The first-order chi connectivity index (χ1) is 6.36. The molecule has 0 aliphatic rings. The van der Waals surface area contributed by atoms with E-state index in [0.29, 0.717) is 4.90 Å². The Morgan fingerprint density at radius 2 is 1.57 bits per heavy atom. The van der Waals surface area contributed by atoms with Gasteiger partial charge >= 0.3 is 0 Å². The number of aryl methyl sites for hydroxylation is 2. The summed E-state index contributed by atoms with van der Waals surface area (Å²) in [6.45, 7) is 3.67. The third-order valence-electron chi connectivity index (χ3n) is 2.07. The van der Waals surface area contributed by atoms with Crippen LogP contribution in [-0.4, -0.2) is 21.8 Å². The van der Waals surface area contributed by atoms with Crippen molar-refractivity contribution in [3.8, 4) is 5.75 Å². The monoisotopic (exact) mass is 214 g/mol. The summed E-state index contributed by atoms with van der Waals surface area (Å²) >= 11 is 0. The van der Waals surface area contributed by atoms with E-state index >= 15 is 0 Å². The highest BCUT2D eigenvalue weighted by atomic mass is 32.2. The van der Waals surface area contributed by atoms with Gasteiger partial charge in [-0.25, -0.2) is 8.42 Å². The average molecular weight is 214 g/mol. The molecule has 14 heavy (non-hydrogen) atoms. The first-order valence-corrected chi connectivity index (χ1v) is 6.10. The van der Waals surface area contributed by atoms with E-state index in [9.17, 15) is 8.42 Å². The molecule has 0 unspecified atom stereocenters. The summed E-state index contributed by atoms with van der Waals surface area (Å²) < 4.78 is 27.7. The van der Waals surface area contributed by atoms with E-state index < -0.39 is 9.84 Å². The molecule has 1 rings (SSSR count). The minimum Gasteiger partial charge on any atom is -0.496 e. The maximum atomic E-state index is 11.3. The van der Waals surface area contributed by atoms with Crippen LogP contribution >= 0.6 is 0 Å². The van der Waals surface area contributed by atoms with Crippen molar-refractivity contribution in [2.45, 2.75) is 18.7 Å². The first-order valence-electron chi connectivity index (χ1n) is 4.21. The number of rotatable bonds is 2. The molecule has 0 fully saturated rings. The topological polar surface area (TPSA) is 43.4 Å². The molecule has 1 aromatic carbocycles. The second kappa shape index (κ2) is 3.61. The molecule has 0 N–H and O–H groups in total. The molecule has 4 heteroatoms. The first kappa shape index (κ1) is 11.0. The van der Waals surface area contributed by atoms with Crippen molar-refractivity contribution >= 4 is 9.84 Å². The summed E-state index contributed by atoms with van der Waals surface area (Å²) in [6.07, 6.45) is 1.20. The molecule has 0 saturated heterocycles. The van der Waals surface area contributed by atoms with Gasteiger partial charge in [-0.2, -0.15) is 0 Å². The predicted octanol–water partition coefficient (Wildman–Crippen LogP) is 1.72. The quantitative estimate of drug-likeness (QED) is 0.752. The molecular formula is C10H14O3S. The van der Waals surface area contributed by atoms with Gasteiger partial charge in [0, 0.05) is 6.26 Å².